The molecule has 0 saturated heterocycles. The van der Waals surface area contributed by atoms with E-state index in [1.807, 2.05) is 72.7 Å². The van der Waals surface area contributed by atoms with Gasteiger partial charge >= 0.3 is 6.09 Å². The van der Waals surface area contributed by atoms with Crippen LogP contribution < -0.4 is 30.5 Å². The Morgan fingerprint density at radius 3 is 1.95 bits per heavy atom. The second-order valence-electron chi connectivity index (χ2n) is 16.3. The highest BCUT2D eigenvalue weighted by Crippen LogP contribution is 2.40. The van der Waals surface area contributed by atoms with Crippen molar-refractivity contribution in [3.05, 3.63) is 169 Å². The van der Waals surface area contributed by atoms with Gasteiger partial charge in [0, 0.05) is 33.5 Å². The van der Waals surface area contributed by atoms with Crippen molar-refractivity contribution in [2.24, 2.45) is 5.92 Å². The summed E-state index contributed by atoms with van der Waals surface area (Å²) < 4.78 is 85.7. The summed E-state index contributed by atoms with van der Waals surface area (Å²) in [6, 6.07) is 26.3. The summed E-state index contributed by atoms with van der Waals surface area (Å²) in [7, 11) is -9.76. The van der Waals surface area contributed by atoms with Gasteiger partial charge < -0.3 is 14.8 Å². The molecule has 0 bridgehead atoms. The Hall–Kier alpha value is -6.58. The number of benzene rings is 6. The van der Waals surface area contributed by atoms with Gasteiger partial charge in [-0.2, -0.15) is 16.8 Å². The van der Waals surface area contributed by atoms with Crippen molar-refractivity contribution >= 4 is 55.3 Å². The van der Waals surface area contributed by atoms with E-state index in [9.17, 15) is 35.5 Å². The summed E-state index contributed by atoms with van der Waals surface area (Å²) >= 11 is 0. The van der Waals surface area contributed by atoms with Crippen LogP contribution in [0.5, 0.6) is 17.2 Å². The van der Waals surface area contributed by atoms with Crippen LogP contribution in [0.15, 0.2) is 107 Å². The van der Waals surface area contributed by atoms with Crippen molar-refractivity contribution in [2.75, 3.05) is 10.6 Å². The predicted molar refractivity (Wildman–Crippen MR) is 247 cm³/mol. The van der Waals surface area contributed by atoms with Gasteiger partial charge in [-0.1, -0.05) is 74.5 Å². The molecule has 330 valence electrons. The van der Waals surface area contributed by atoms with Gasteiger partial charge in [-0.15, -0.1) is 0 Å². The second kappa shape index (κ2) is 17.5. The summed E-state index contributed by atoms with van der Waals surface area (Å²) in [5, 5.41) is 6.07. The summed E-state index contributed by atoms with van der Waals surface area (Å²) in [5.74, 6) is 0.473. The fourth-order valence-corrected chi connectivity index (χ4v) is 9.65. The van der Waals surface area contributed by atoms with E-state index in [-0.39, 0.29) is 39.1 Å². The van der Waals surface area contributed by atoms with Gasteiger partial charge in [-0.3, -0.25) is 19.2 Å². The molecule has 0 aliphatic carbocycles. The molecule has 12 nitrogen and oxygen atoms in total. The lowest BCUT2D eigenvalue weighted by molar-refractivity contribution is -0.118. The smallest absolute Gasteiger partial charge is 0.417 e. The number of aryl methyl sites for hydroxylation is 4. The van der Waals surface area contributed by atoms with Crippen LogP contribution in [0.4, 0.5) is 16.2 Å². The number of para-hydroxylation sites is 1. The molecule has 1 heterocycles. The van der Waals surface area contributed by atoms with Crippen LogP contribution in [0.1, 0.15) is 75.0 Å². The topological polar surface area (TPSA) is 185 Å². The molecule has 1 aliphatic rings. The van der Waals surface area contributed by atoms with Gasteiger partial charge in [0.1, 0.15) is 27.0 Å². The highest BCUT2D eigenvalue weighted by molar-refractivity contribution is 7.86. The molecule has 7 rings (SSSR count). The summed E-state index contributed by atoms with van der Waals surface area (Å²) in [4.78, 5) is 24.9. The number of fused-ring (bicyclic) bond motifs is 2. The average Bonchev–Trinajstić information content (AvgIpc) is 3.22. The lowest BCUT2D eigenvalue weighted by atomic mass is 9.89. The minimum Gasteiger partial charge on any atom is -0.456 e. The molecule has 6 aromatic carbocycles. The Bertz CT molecular complexity index is 3270. The van der Waals surface area contributed by atoms with Crippen LogP contribution in [-0.2, 0) is 31.5 Å². The van der Waals surface area contributed by atoms with E-state index >= 15 is 0 Å². The zero-order valence-corrected chi connectivity index (χ0v) is 38.2. The zero-order valence-electron chi connectivity index (χ0n) is 36.6. The van der Waals surface area contributed by atoms with Crippen LogP contribution in [0.3, 0.4) is 0 Å². The SMILES string of the molecule is Cc1cc(C)c(NC(=O)Oc2ccccc2)c(C)c1/C=c1/cc2c(cc1S(=O)(=O)O)=C(c1ccccc1S(=O)(=O)O)c1ccc(Cc3c(C)cc(C)c(NC(=O)C(C)C)c3C)cc1O2. The number of carbonyl (C=O) groups excluding carboxylic acids is 2. The molecule has 0 fully saturated rings. The quantitative estimate of drug-likeness (QED) is 0.0966. The number of hydrogen-bond acceptors (Lipinski definition) is 8. The molecule has 14 heteroatoms. The fourth-order valence-electron chi connectivity index (χ4n) is 8.27. The van der Waals surface area contributed by atoms with Gasteiger partial charge in [0.05, 0.1) is 5.69 Å². The van der Waals surface area contributed by atoms with Gasteiger partial charge in [-0.05, 0) is 146 Å². The molecule has 1 aliphatic heterocycles. The lowest BCUT2D eigenvalue weighted by Gasteiger charge is -2.24. The maximum atomic E-state index is 13.3. The number of anilines is 2. The Kier molecular flexibility index (Phi) is 12.4. The summed E-state index contributed by atoms with van der Waals surface area (Å²) in [6.45, 7) is 15.0. The van der Waals surface area contributed by atoms with Crippen molar-refractivity contribution in [1.29, 1.82) is 0 Å². The van der Waals surface area contributed by atoms with Gasteiger partial charge in [0.15, 0.2) is 0 Å². The van der Waals surface area contributed by atoms with Gasteiger partial charge in [0.25, 0.3) is 20.2 Å². The molecule has 6 aromatic rings. The van der Waals surface area contributed by atoms with E-state index in [2.05, 4.69) is 10.6 Å². The maximum Gasteiger partial charge on any atom is 0.417 e. The van der Waals surface area contributed by atoms with Crippen molar-refractivity contribution in [3.8, 4) is 17.2 Å². The molecular formula is C50H48N2O10S2. The summed E-state index contributed by atoms with van der Waals surface area (Å²) in [5.41, 5.74) is 9.13. The third-order valence-corrected chi connectivity index (χ3v) is 13.2. The maximum absolute atomic E-state index is 13.3. The van der Waals surface area contributed by atoms with Crippen molar-refractivity contribution in [1.82, 2.24) is 0 Å². The Morgan fingerprint density at radius 2 is 1.30 bits per heavy atom. The van der Waals surface area contributed by atoms with Crippen LogP contribution in [0.25, 0.3) is 11.6 Å². The zero-order chi connectivity index (χ0) is 46.4. The second-order valence-corrected chi connectivity index (χ2v) is 19.1. The first kappa shape index (κ1) is 45.4. The van der Waals surface area contributed by atoms with E-state index in [1.165, 1.54) is 30.3 Å². The van der Waals surface area contributed by atoms with Crippen molar-refractivity contribution < 1.29 is 45.0 Å². The molecule has 0 aromatic heterocycles. The molecular weight excluding hydrogens is 853 g/mol. The molecule has 0 radical (unpaired) electrons. The fraction of sp³-hybridized carbons (Fsp3) is 0.200. The normalized spacial score (nSPS) is 12.7. The molecule has 0 unspecified atom stereocenters. The monoisotopic (exact) mass is 900 g/mol. The largest absolute Gasteiger partial charge is 0.456 e. The van der Waals surface area contributed by atoms with E-state index < -0.39 is 36.1 Å². The Morgan fingerprint density at radius 1 is 0.672 bits per heavy atom. The van der Waals surface area contributed by atoms with Gasteiger partial charge in [0.2, 0.25) is 5.91 Å². The molecule has 2 amide bonds. The summed E-state index contributed by atoms with van der Waals surface area (Å²) in [6.07, 6.45) is 1.27. The van der Waals surface area contributed by atoms with E-state index in [0.717, 1.165) is 44.6 Å². The van der Waals surface area contributed by atoms with Gasteiger partial charge in [-0.25, -0.2) is 4.79 Å². The third kappa shape index (κ3) is 9.22. The minimum absolute atomic E-state index is 0.0398. The Balaban J connectivity index is 1.43. The van der Waals surface area contributed by atoms with Crippen LogP contribution in [0, 0.1) is 47.5 Å². The number of rotatable bonds is 10. The molecule has 4 N–H and O–H groups in total. The van der Waals surface area contributed by atoms with E-state index in [4.69, 9.17) is 9.47 Å². The minimum atomic E-state index is -4.96. The number of carbonyl (C=O) groups is 2. The highest BCUT2D eigenvalue weighted by Gasteiger charge is 2.28. The number of hydrogen-bond donors (Lipinski definition) is 4. The van der Waals surface area contributed by atoms with E-state index in [1.54, 1.807) is 55.5 Å². The molecule has 0 atom stereocenters. The lowest BCUT2D eigenvalue weighted by Crippen LogP contribution is -2.25. The first-order valence-corrected chi connectivity index (χ1v) is 23.3. The van der Waals surface area contributed by atoms with Crippen molar-refractivity contribution in [2.45, 2.75) is 71.6 Å². The van der Waals surface area contributed by atoms with Crippen LogP contribution in [-0.4, -0.2) is 37.9 Å². The van der Waals surface area contributed by atoms with Crippen molar-refractivity contribution in [3.63, 3.8) is 0 Å². The predicted octanol–water partition coefficient (Wildman–Crippen LogP) is 9.01. The molecule has 0 saturated carbocycles. The first-order chi connectivity index (χ1) is 30.1. The molecule has 0 spiro atoms. The number of ether oxygens (including phenoxy) is 2. The number of amides is 2. The van der Waals surface area contributed by atoms with Crippen LogP contribution in [0.2, 0.25) is 0 Å². The average molecular weight is 901 g/mol. The molecule has 64 heavy (non-hydrogen) atoms. The highest BCUT2D eigenvalue weighted by atomic mass is 32.2. The standard InChI is InChI=1S/C50H48N2O10S2/c1-27(2)49(53)51-47-30(5)20-28(3)39(32(47)7)22-34-18-19-37-42(23-34)62-43-25-35(45(64(58,59)60)26-41(43)46(37)38-16-12-13-17-44(38)63(55,56)57)24-40-29(4)21-31(6)48(33(40)8)52-50(54)61-36-14-10-9-11-15-36/h9-21,23-27H,22H2,1-8H3,(H,51,53)(H,52,54)(H,55,56,57)(H,58,59,60)/b35-24-. The number of nitrogens with one attached hydrogen (secondary N) is 2. The van der Waals surface area contributed by atoms with Crippen LogP contribution >= 0.6 is 0 Å². The van der Waals surface area contributed by atoms with E-state index in [0.29, 0.717) is 40.3 Å². The third-order valence-electron chi connectivity index (χ3n) is 11.4. The first-order valence-electron chi connectivity index (χ1n) is 20.4. The Labute approximate surface area is 372 Å².